The van der Waals surface area contributed by atoms with Gasteiger partial charge in [-0.05, 0) is 11.6 Å². The Balaban J connectivity index is 2.13. The summed E-state index contributed by atoms with van der Waals surface area (Å²) >= 11 is 5.99. The zero-order chi connectivity index (χ0) is 13.1. The van der Waals surface area contributed by atoms with Crippen LogP contribution in [-0.2, 0) is 13.6 Å². The van der Waals surface area contributed by atoms with Crippen LogP contribution in [0.1, 0.15) is 5.56 Å². The van der Waals surface area contributed by atoms with Crippen LogP contribution in [0, 0.1) is 10.1 Å². The molecule has 18 heavy (non-hydrogen) atoms. The second-order valence-electron chi connectivity index (χ2n) is 3.79. The van der Waals surface area contributed by atoms with Crippen molar-refractivity contribution in [2.24, 2.45) is 7.05 Å². The fourth-order valence-electron chi connectivity index (χ4n) is 1.52. The van der Waals surface area contributed by atoms with Gasteiger partial charge >= 0.3 is 0 Å². The van der Waals surface area contributed by atoms with Gasteiger partial charge in [0.25, 0.3) is 5.69 Å². The van der Waals surface area contributed by atoms with Crippen LogP contribution in [0.25, 0.3) is 0 Å². The molecule has 0 bridgehead atoms. The lowest BCUT2D eigenvalue weighted by Gasteiger charge is -2.05. The summed E-state index contributed by atoms with van der Waals surface area (Å²) in [6.07, 6.45) is 3.48. The number of nitro benzene ring substituents is 1. The molecule has 0 aliphatic heterocycles. The molecule has 1 aromatic carbocycles. The van der Waals surface area contributed by atoms with E-state index in [-0.39, 0.29) is 5.69 Å². The number of aromatic nitrogens is 2. The quantitative estimate of drug-likeness (QED) is 0.682. The van der Waals surface area contributed by atoms with Crippen molar-refractivity contribution in [3.05, 3.63) is 51.3 Å². The first-order chi connectivity index (χ1) is 8.56. The van der Waals surface area contributed by atoms with E-state index in [1.807, 2.05) is 13.2 Å². The third-order valence-electron chi connectivity index (χ3n) is 2.43. The van der Waals surface area contributed by atoms with Crippen molar-refractivity contribution < 1.29 is 4.92 Å². The second-order valence-corrected chi connectivity index (χ2v) is 4.20. The van der Waals surface area contributed by atoms with Gasteiger partial charge in [0, 0.05) is 36.9 Å². The molecule has 0 radical (unpaired) electrons. The molecule has 0 spiro atoms. The van der Waals surface area contributed by atoms with E-state index < -0.39 is 4.92 Å². The molecule has 94 valence electrons. The predicted octanol–water partition coefficient (Wildman–Crippen LogP) is 2.59. The van der Waals surface area contributed by atoms with E-state index in [1.54, 1.807) is 10.9 Å². The number of aryl methyl sites for hydroxylation is 1. The normalized spacial score (nSPS) is 10.3. The first kappa shape index (κ1) is 12.4. The van der Waals surface area contributed by atoms with E-state index >= 15 is 0 Å². The van der Waals surface area contributed by atoms with Gasteiger partial charge < -0.3 is 5.32 Å². The summed E-state index contributed by atoms with van der Waals surface area (Å²) in [5, 5.41) is 18.3. The highest BCUT2D eigenvalue weighted by Crippen LogP contribution is 2.22. The number of benzene rings is 1. The summed E-state index contributed by atoms with van der Waals surface area (Å²) in [5.41, 5.74) is 1.54. The Morgan fingerprint density at radius 3 is 2.94 bits per heavy atom. The van der Waals surface area contributed by atoms with Crippen LogP contribution in [0.4, 0.5) is 11.4 Å². The Morgan fingerprint density at radius 2 is 2.33 bits per heavy atom. The molecule has 0 aliphatic rings. The Labute approximate surface area is 108 Å². The number of non-ortho nitro benzene ring substituents is 1. The summed E-state index contributed by atoms with van der Waals surface area (Å²) in [4.78, 5) is 10.2. The SMILES string of the molecule is Cn1cc(NCc2cc([N+](=O)[O-])ccc2Cl)cn1. The zero-order valence-electron chi connectivity index (χ0n) is 9.63. The molecule has 0 unspecified atom stereocenters. The summed E-state index contributed by atoms with van der Waals surface area (Å²) in [6, 6.07) is 4.38. The third-order valence-corrected chi connectivity index (χ3v) is 2.80. The van der Waals surface area contributed by atoms with Crippen molar-refractivity contribution in [1.82, 2.24) is 9.78 Å². The number of halogens is 1. The Bertz CT molecular complexity index is 582. The van der Waals surface area contributed by atoms with Crippen molar-refractivity contribution in [2.75, 3.05) is 5.32 Å². The number of nitrogens with zero attached hydrogens (tertiary/aromatic N) is 3. The van der Waals surface area contributed by atoms with Crippen molar-refractivity contribution in [3.8, 4) is 0 Å². The summed E-state index contributed by atoms with van der Waals surface area (Å²) in [5.74, 6) is 0. The van der Waals surface area contributed by atoms with Gasteiger partial charge in [-0.1, -0.05) is 11.6 Å². The molecule has 0 saturated heterocycles. The molecular formula is C11H11ClN4O2. The molecule has 0 saturated carbocycles. The van der Waals surface area contributed by atoms with Gasteiger partial charge in [-0.2, -0.15) is 5.10 Å². The largest absolute Gasteiger partial charge is 0.378 e. The second kappa shape index (κ2) is 5.05. The molecule has 2 rings (SSSR count). The van der Waals surface area contributed by atoms with Crippen molar-refractivity contribution in [2.45, 2.75) is 6.54 Å². The van der Waals surface area contributed by atoms with Gasteiger partial charge in [-0.25, -0.2) is 0 Å². The molecule has 7 heteroatoms. The lowest BCUT2D eigenvalue weighted by atomic mass is 10.2. The molecular weight excluding hydrogens is 256 g/mol. The summed E-state index contributed by atoms with van der Waals surface area (Å²) < 4.78 is 1.66. The first-order valence-corrected chi connectivity index (χ1v) is 5.59. The lowest BCUT2D eigenvalue weighted by Crippen LogP contribution is -2.00. The van der Waals surface area contributed by atoms with E-state index in [4.69, 9.17) is 11.6 Å². The van der Waals surface area contributed by atoms with E-state index in [2.05, 4.69) is 10.4 Å². The molecule has 0 aliphatic carbocycles. The number of hydrogen-bond donors (Lipinski definition) is 1. The highest BCUT2D eigenvalue weighted by Gasteiger charge is 2.09. The maximum absolute atomic E-state index is 10.7. The summed E-state index contributed by atoms with van der Waals surface area (Å²) in [7, 11) is 1.81. The average molecular weight is 267 g/mol. The van der Waals surface area contributed by atoms with E-state index in [9.17, 15) is 10.1 Å². The van der Waals surface area contributed by atoms with Gasteiger partial charge in [-0.15, -0.1) is 0 Å². The van der Waals surface area contributed by atoms with Gasteiger partial charge in [0.1, 0.15) is 0 Å². The van der Waals surface area contributed by atoms with Crippen molar-refractivity contribution in [3.63, 3.8) is 0 Å². The Morgan fingerprint density at radius 1 is 1.56 bits per heavy atom. The maximum Gasteiger partial charge on any atom is 0.269 e. The number of hydrogen-bond acceptors (Lipinski definition) is 4. The van der Waals surface area contributed by atoms with Crippen LogP contribution >= 0.6 is 11.6 Å². The highest BCUT2D eigenvalue weighted by molar-refractivity contribution is 6.31. The van der Waals surface area contributed by atoms with Crippen molar-refractivity contribution >= 4 is 23.0 Å². The van der Waals surface area contributed by atoms with Gasteiger partial charge in [0.05, 0.1) is 16.8 Å². The smallest absolute Gasteiger partial charge is 0.269 e. The standard InChI is InChI=1S/C11H11ClN4O2/c1-15-7-9(6-14-15)13-5-8-4-10(16(17)18)2-3-11(8)12/h2-4,6-7,13H,5H2,1H3. The molecule has 1 N–H and O–H groups in total. The fraction of sp³-hybridized carbons (Fsp3) is 0.182. The first-order valence-electron chi connectivity index (χ1n) is 5.21. The topological polar surface area (TPSA) is 73.0 Å². The fourth-order valence-corrected chi connectivity index (χ4v) is 1.70. The van der Waals surface area contributed by atoms with Gasteiger partial charge in [0.2, 0.25) is 0 Å². The van der Waals surface area contributed by atoms with Gasteiger partial charge in [0.15, 0.2) is 0 Å². The lowest BCUT2D eigenvalue weighted by molar-refractivity contribution is -0.384. The number of rotatable bonds is 4. The van der Waals surface area contributed by atoms with Crippen LogP contribution in [-0.4, -0.2) is 14.7 Å². The molecule has 2 aromatic rings. The zero-order valence-corrected chi connectivity index (χ0v) is 10.4. The van der Waals surface area contributed by atoms with E-state index in [1.165, 1.54) is 18.2 Å². The Hall–Kier alpha value is -2.08. The molecule has 1 heterocycles. The molecule has 0 atom stereocenters. The third kappa shape index (κ3) is 2.78. The minimum absolute atomic E-state index is 0.0300. The molecule has 1 aromatic heterocycles. The molecule has 6 nitrogen and oxygen atoms in total. The van der Waals surface area contributed by atoms with Crippen LogP contribution in [0.3, 0.4) is 0 Å². The van der Waals surface area contributed by atoms with Crippen LogP contribution < -0.4 is 5.32 Å². The van der Waals surface area contributed by atoms with E-state index in [0.29, 0.717) is 17.1 Å². The molecule has 0 fully saturated rings. The minimum Gasteiger partial charge on any atom is -0.378 e. The predicted molar refractivity (Wildman–Crippen MR) is 68.6 cm³/mol. The average Bonchev–Trinajstić information content (AvgIpc) is 2.74. The highest BCUT2D eigenvalue weighted by atomic mass is 35.5. The van der Waals surface area contributed by atoms with Gasteiger partial charge in [-0.3, -0.25) is 14.8 Å². The number of anilines is 1. The van der Waals surface area contributed by atoms with Crippen molar-refractivity contribution in [1.29, 1.82) is 0 Å². The number of nitrogens with one attached hydrogen (secondary N) is 1. The minimum atomic E-state index is -0.441. The van der Waals surface area contributed by atoms with Crippen LogP contribution in [0.5, 0.6) is 0 Å². The van der Waals surface area contributed by atoms with Crippen LogP contribution in [0.15, 0.2) is 30.6 Å². The summed E-state index contributed by atoms with van der Waals surface area (Å²) in [6.45, 7) is 0.409. The molecule has 0 amide bonds. The van der Waals surface area contributed by atoms with E-state index in [0.717, 1.165) is 5.69 Å². The van der Waals surface area contributed by atoms with Crippen LogP contribution in [0.2, 0.25) is 5.02 Å². The maximum atomic E-state index is 10.7. The Kier molecular flexibility index (Phi) is 3.47. The number of nitro groups is 1. The monoisotopic (exact) mass is 266 g/mol.